The highest BCUT2D eigenvalue weighted by atomic mass is 16.5. The van der Waals surface area contributed by atoms with E-state index in [1.165, 1.54) is 17.5 Å². The molecule has 2 rings (SSSR count). The van der Waals surface area contributed by atoms with Gasteiger partial charge in [0.15, 0.2) is 0 Å². The van der Waals surface area contributed by atoms with Gasteiger partial charge < -0.3 is 10.1 Å². The lowest BCUT2D eigenvalue weighted by Crippen LogP contribution is -2.00. The first-order valence-electron chi connectivity index (χ1n) is 7.78. The lowest BCUT2D eigenvalue weighted by molar-refractivity contribution is 0.340. The molecule has 0 spiro atoms. The molecule has 1 atom stereocenters. The van der Waals surface area contributed by atoms with Gasteiger partial charge in [0.25, 0.3) is 0 Å². The van der Waals surface area contributed by atoms with Crippen LogP contribution in [0.15, 0.2) is 48.5 Å². The molecule has 0 aromatic heterocycles. The van der Waals surface area contributed by atoms with E-state index in [-0.39, 0.29) is 0 Å². The minimum absolute atomic E-state index is 0.630. The molecule has 2 aromatic rings. The average molecular weight is 283 g/mol. The summed E-state index contributed by atoms with van der Waals surface area (Å²) >= 11 is 0. The first-order chi connectivity index (χ1) is 10.2. The van der Waals surface area contributed by atoms with Gasteiger partial charge in [0, 0.05) is 12.2 Å². The molecule has 0 bridgehead atoms. The number of rotatable bonds is 7. The van der Waals surface area contributed by atoms with E-state index in [0.717, 1.165) is 18.0 Å². The van der Waals surface area contributed by atoms with Gasteiger partial charge in [-0.25, -0.2) is 0 Å². The molecule has 0 aliphatic rings. The second-order valence-corrected chi connectivity index (χ2v) is 5.36. The molecule has 0 saturated heterocycles. The predicted octanol–water partition coefficient (Wildman–Crippen LogP) is 5.21. The fraction of sp³-hybridized carbons (Fsp3) is 0.368. The topological polar surface area (TPSA) is 21.3 Å². The normalized spacial score (nSPS) is 12.0. The fourth-order valence-corrected chi connectivity index (χ4v) is 2.24. The van der Waals surface area contributed by atoms with Gasteiger partial charge in [0.05, 0.1) is 6.61 Å². The van der Waals surface area contributed by atoms with Crippen LogP contribution in [0.2, 0.25) is 0 Å². The number of hydrogen-bond acceptors (Lipinski definition) is 2. The Hall–Kier alpha value is -1.96. The van der Waals surface area contributed by atoms with E-state index in [0.29, 0.717) is 12.5 Å². The van der Waals surface area contributed by atoms with Crippen LogP contribution in [0.25, 0.3) is 0 Å². The molecule has 1 unspecified atom stereocenters. The molecule has 21 heavy (non-hydrogen) atoms. The fourth-order valence-electron chi connectivity index (χ4n) is 2.24. The van der Waals surface area contributed by atoms with Crippen LogP contribution < -0.4 is 10.1 Å². The second-order valence-electron chi connectivity index (χ2n) is 5.36. The van der Waals surface area contributed by atoms with E-state index >= 15 is 0 Å². The van der Waals surface area contributed by atoms with E-state index in [9.17, 15) is 0 Å². The Kier molecular flexibility index (Phi) is 5.68. The predicted molar refractivity (Wildman–Crippen MR) is 90.1 cm³/mol. The number of anilines is 1. The molecule has 0 aliphatic heterocycles. The van der Waals surface area contributed by atoms with E-state index in [1.807, 2.05) is 19.1 Å². The highest BCUT2D eigenvalue weighted by Crippen LogP contribution is 2.21. The molecule has 0 radical (unpaired) electrons. The molecule has 2 nitrogen and oxygen atoms in total. The SMILES string of the molecule is CCOc1ccc(CNc2ccc(C(C)CC)cc2)cc1. The summed E-state index contributed by atoms with van der Waals surface area (Å²) in [5.41, 5.74) is 3.82. The first kappa shape index (κ1) is 15.4. The summed E-state index contributed by atoms with van der Waals surface area (Å²) in [6, 6.07) is 17.0. The maximum atomic E-state index is 5.45. The maximum Gasteiger partial charge on any atom is 0.119 e. The molecular formula is C19H25NO. The van der Waals surface area contributed by atoms with Crippen molar-refractivity contribution in [1.82, 2.24) is 0 Å². The van der Waals surface area contributed by atoms with Crippen molar-refractivity contribution in [1.29, 1.82) is 0 Å². The largest absolute Gasteiger partial charge is 0.494 e. The summed E-state index contributed by atoms with van der Waals surface area (Å²) in [6.07, 6.45) is 1.18. The third kappa shape index (κ3) is 4.52. The van der Waals surface area contributed by atoms with Crippen LogP contribution >= 0.6 is 0 Å². The number of nitrogens with one attached hydrogen (secondary N) is 1. The first-order valence-corrected chi connectivity index (χ1v) is 7.78. The number of hydrogen-bond donors (Lipinski definition) is 1. The Morgan fingerprint density at radius 3 is 2.19 bits per heavy atom. The second kappa shape index (κ2) is 7.72. The Balaban J connectivity index is 1.90. The van der Waals surface area contributed by atoms with Gasteiger partial charge >= 0.3 is 0 Å². The third-order valence-corrected chi connectivity index (χ3v) is 3.82. The van der Waals surface area contributed by atoms with Crippen LogP contribution in [0.4, 0.5) is 5.69 Å². The lowest BCUT2D eigenvalue weighted by Gasteiger charge is -2.11. The molecule has 0 fully saturated rings. The molecule has 0 aliphatic carbocycles. The molecule has 2 aromatic carbocycles. The lowest BCUT2D eigenvalue weighted by atomic mass is 9.99. The summed E-state index contributed by atoms with van der Waals surface area (Å²) in [5.74, 6) is 1.56. The zero-order valence-corrected chi connectivity index (χ0v) is 13.2. The van der Waals surface area contributed by atoms with E-state index in [1.54, 1.807) is 0 Å². The van der Waals surface area contributed by atoms with Crippen LogP contribution in [0, 0.1) is 0 Å². The minimum atomic E-state index is 0.630. The van der Waals surface area contributed by atoms with Crippen molar-refractivity contribution in [2.45, 2.75) is 39.7 Å². The van der Waals surface area contributed by atoms with Crippen molar-refractivity contribution in [3.63, 3.8) is 0 Å². The summed E-state index contributed by atoms with van der Waals surface area (Å²) < 4.78 is 5.45. The maximum absolute atomic E-state index is 5.45. The molecular weight excluding hydrogens is 258 g/mol. The van der Waals surface area contributed by atoms with Crippen molar-refractivity contribution < 1.29 is 4.74 Å². The standard InChI is InChI=1S/C19H25NO/c1-4-15(3)17-8-10-18(11-9-17)20-14-16-6-12-19(13-7-16)21-5-2/h6-13,15,20H,4-5,14H2,1-3H3. The van der Waals surface area contributed by atoms with Crippen molar-refractivity contribution in [2.24, 2.45) is 0 Å². The van der Waals surface area contributed by atoms with Crippen molar-refractivity contribution in [3.8, 4) is 5.75 Å². The molecule has 2 heteroatoms. The molecule has 0 amide bonds. The summed E-state index contributed by atoms with van der Waals surface area (Å²) in [7, 11) is 0. The van der Waals surface area contributed by atoms with Gasteiger partial charge in [-0.2, -0.15) is 0 Å². The minimum Gasteiger partial charge on any atom is -0.494 e. The van der Waals surface area contributed by atoms with Crippen LogP contribution in [0.5, 0.6) is 5.75 Å². The van der Waals surface area contributed by atoms with Gasteiger partial charge in [-0.3, -0.25) is 0 Å². The summed E-state index contributed by atoms with van der Waals surface area (Å²) in [5, 5.41) is 3.46. The van der Waals surface area contributed by atoms with Gasteiger partial charge in [-0.05, 0) is 54.7 Å². The highest BCUT2D eigenvalue weighted by Gasteiger charge is 2.02. The summed E-state index contributed by atoms with van der Waals surface area (Å²) in [6.45, 7) is 8.03. The van der Waals surface area contributed by atoms with Crippen LogP contribution in [0.3, 0.4) is 0 Å². The average Bonchev–Trinajstić information content (AvgIpc) is 2.54. The molecule has 112 valence electrons. The Labute approximate surface area is 128 Å². The van der Waals surface area contributed by atoms with Gasteiger partial charge in [0.1, 0.15) is 5.75 Å². The third-order valence-electron chi connectivity index (χ3n) is 3.82. The monoisotopic (exact) mass is 283 g/mol. The Morgan fingerprint density at radius 2 is 1.62 bits per heavy atom. The van der Waals surface area contributed by atoms with Gasteiger partial charge in [-0.1, -0.05) is 38.1 Å². The smallest absolute Gasteiger partial charge is 0.119 e. The van der Waals surface area contributed by atoms with Crippen LogP contribution in [0.1, 0.15) is 44.2 Å². The molecule has 0 heterocycles. The van der Waals surface area contributed by atoms with Crippen LogP contribution in [-0.2, 0) is 6.54 Å². The van der Waals surface area contributed by atoms with E-state index < -0.39 is 0 Å². The van der Waals surface area contributed by atoms with E-state index in [2.05, 4.69) is 55.6 Å². The van der Waals surface area contributed by atoms with Crippen molar-refractivity contribution in [2.75, 3.05) is 11.9 Å². The number of ether oxygens (including phenoxy) is 1. The zero-order chi connectivity index (χ0) is 15.1. The Bertz CT molecular complexity index is 530. The zero-order valence-electron chi connectivity index (χ0n) is 13.2. The molecule has 1 N–H and O–H groups in total. The highest BCUT2D eigenvalue weighted by molar-refractivity contribution is 5.46. The van der Waals surface area contributed by atoms with Crippen LogP contribution in [-0.4, -0.2) is 6.61 Å². The quantitative estimate of drug-likeness (QED) is 0.753. The van der Waals surface area contributed by atoms with Gasteiger partial charge in [0.2, 0.25) is 0 Å². The van der Waals surface area contributed by atoms with Gasteiger partial charge in [-0.15, -0.1) is 0 Å². The van der Waals surface area contributed by atoms with Crippen molar-refractivity contribution >= 4 is 5.69 Å². The Morgan fingerprint density at radius 1 is 0.952 bits per heavy atom. The number of benzene rings is 2. The van der Waals surface area contributed by atoms with E-state index in [4.69, 9.17) is 4.74 Å². The summed E-state index contributed by atoms with van der Waals surface area (Å²) in [4.78, 5) is 0. The molecule has 0 saturated carbocycles. The van der Waals surface area contributed by atoms with Crippen molar-refractivity contribution in [3.05, 3.63) is 59.7 Å².